The molecule has 0 saturated heterocycles. The van der Waals surface area contributed by atoms with E-state index >= 15 is 0 Å². The molecule has 0 amide bonds. The molecule has 18 heavy (non-hydrogen) atoms. The predicted molar refractivity (Wildman–Crippen MR) is 76.2 cm³/mol. The van der Waals surface area contributed by atoms with Gasteiger partial charge in [0.25, 0.3) is 0 Å². The summed E-state index contributed by atoms with van der Waals surface area (Å²) in [6, 6.07) is 3.96. The fourth-order valence-corrected chi connectivity index (χ4v) is 3.28. The number of aromatic nitrogens is 1. The van der Waals surface area contributed by atoms with Gasteiger partial charge >= 0.3 is 0 Å². The third-order valence-corrected chi connectivity index (χ3v) is 4.37. The van der Waals surface area contributed by atoms with Crippen LogP contribution in [0, 0.1) is 5.92 Å². The quantitative estimate of drug-likeness (QED) is 0.780. The van der Waals surface area contributed by atoms with Gasteiger partial charge in [0.1, 0.15) is 11.2 Å². The first kappa shape index (κ1) is 12.3. The first-order chi connectivity index (χ1) is 8.83. The first-order valence-electron chi connectivity index (χ1n) is 6.87. The van der Waals surface area contributed by atoms with Gasteiger partial charge in [-0.05, 0) is 46.8 Å². The van der Waals surface area contributed by atoms with Crippen molar-refractivity contribution in [2.45, 2.75) is 32.1 Å². The molecule has 0 N–H and O–H groups in total. The summed E-state index contributed by atoms with van der Waals surface area (Å²) in [6.45, 7) is 2.88. The van der Waals surface area contributed by atoms with E-state index in [0.29, 0.717) is 0 Å². The molecular formula is C14H19BrN2O. The van der Waals surface area contributed by atoms with Crippen LogP contribution in [0.25, 0.3) is 0 Å². The Bertz CT molecular complexity index is 418. The van der Waals surface area contributed by atoms with Crippen LogP contribution >= 0.6 is 15.9 Å². The van der Waals surface area contributed by atoms with E-state index in [4.69, 9.17) is 4.74 Å². The summed E-state index contributed by atoms with van der Waals surface area (Å²) in [4.78, 5) is 6.98. The highest BCUT2D eigenvalue weighted by molar-refractivity contribution is 9.10. The summed E-state index contributed by atoms with van der Waals surface area (Å²) in [7, 11) is 0. The maximum absolute atomic E-state index is 5.67. The molecule has 0 atom stereocenters. The van der Waals surface area contributed by atoms with Crippen LogP contribution in [0.4, 0.5) is 5.82 Å². The maximum Gasteiger partial charge on any atom is 0.172 e. The van der Waals surface area contributed by atoms with E-state index in [9.17, 15) is 0 Å². The van der Waals surface area contributed by atoms with Gasteiger partial charge in [0.15, 0.2) is 11.6 Å². The summed E-state index contributed by atoms with van der Waals surface area (Å²) < 4.78 is 6.56. The van der Waals surface area contributed by atoms with E-state index < -0.39 is 0 Å². The van der Waals surface area contributed by atoms with Crippen molar-refractivity contribution in [3.8, 4) is 5.75 Å². The zero-order valence-corrected chi connectivity index (χ0v) is 12.2. The Hall–Kier alpha value is -0.770. The normalized spacial score (nSPS) is 20.4. The molecule has 3 nitrogen and oxygen atoms in total. The van der Waals surface area contributed by atoms with E-state index in [-0.39, 0.29) is 0 Å². The largest absolute Gasteiger partial charge is 0.488 e. The zero-order valence-electron chi connectivity index (χ0n) is 10.6. The smallest absolute Gasteiger partial charge is 0.172 e. The number of rotatable bonds is 2. The van der Waals surface area contributed by atoms with Crippen molar-refractivity contribution in [1.29, 1.82) is 0 Å². The molecule has 1 aromatic rings. The van der Waals surface area contributed by atoms with E-state index in [1.807, 2.05) is 12.1 Å². The third-order valence-electron chi connectivity index (χ3n) is 3.93. The lowest BCUT2D eigenvalue weighted by Crippen LogP contribution is -2.37. The molecule has 1 saturated carbocycles. The number of hydrogen-bond donors (Lipinski definition) is 0. The van der Waals surface area contributed by atoms with Gasteiger partial charge in [-0.3, -0.25) is 0 Å². The molecule has 1 aliphatic carbocycles. The summed E-state index contributed by atoms with van der Waals surface area (Å²) in [5.41, 5.74) is 0. The minimum Gasteiger partial charge on any atom is -0.488 e. The molecule has 0 bridgehead atoms. The molecule has 1 aromatic heterocycles. The van der Waals surface area contributed by atoms with Gasteiger partial charge < -0.3 is 9.64 Å². The first-order valence-corrected chi connectivity index (χ1v) is 7.66. The van der Waals surface area contributed by atoms with Gasteiger partial charge in [-0.2, -0.15) is 0 Å². The average Bonchev–Trinajstić information content (AvgIpc) is 2.41. The minimum atomic E-state index is 0.781. The van der Waals surface area contributed by atoms with Crippen LogP contribution in [0.1, 0.15) is 32.1 Å². The molecule has 0 aromatic carbocycles. The Morgan fingerprint density at radius 3 is 2.94 bits per heavy atom. The molecular weight excluding hydrogens is 292 g/mol. The van der Waals surface area contributed by atoms with Crippen LogP contribution in [-0.4, -0.2) is 24.7 Å². The van der Waals surface area contributed by atoms with Crippen LogP contribution in [0.3, 0.4) is 0 Å². The van der Waals surface area contributed by atoms with Crippen LogP contribution < -0.4 is 9.64 Å². The van der Waals surface area contributed by atoms with Gasteiger partial charge in [0, 0.05) is 6.54 Å². The summed E-state index contributed by atoms with van der Waals surface area (Å²) in [6.07, 6.45) is 6.96. The van der Waals surface area contributed by atoms with E-state index in [0.717, 1.165) is 41.8 Å². The van der Waals surface area contributed by atoms with Crippen molar-refractivity contribution >= 4 is 21.7 Å². The Kier molecular flexibility index (Phi) is 3.73. The molecule has 2 aliphatic rings. The monoisotopic (exact) mass is 310 g/mol. The lowest BCUT2D eigenvalue weighted by atomic mass is 9.89. The van der Waals surface area contributed by atoms with E-state index in [1.54, 1.807) is 0 Å². The van der Waals surface area contributed by atoms with Crippen molar-refractivity contribution in [2.75, 3.05) is 24.6 Å². The van der Waals surface area contributed by atoms with Gasteiger partial charge in [0.05, 0.1) is 6.54 Å². The molecule has 0 unspecified atom stereocenters. The summed E-state index contributed by atoms with van der Waals surface area (Å²) in [5, 5.41) is 0. The number of anilines is 1. The molecule has 4 heteroatoms. The van der Waals surface area contributed by atoms with Crippen molar-refractivity contribution in [3.63, 3.8) is 0 Å². The average molecular weight is 311 g/mol. The number of nitrogens with zero attached hydrogens (tertiary/aromatic N) is 2. The fraction of sp³-hybridized carbons (Fsp3) is 0.643. The number of pyridine rings is 1. The molecule has 3 rings (SSSR count). The highest BCUT2D eigenvalue weighted by Crippen LogP contribution is 2.33. The molecule has 98 valence electrons. The molecule has 1 fully saturated rings. The van der Waals surface area contributed by atoms with Crippen LogP contribution in [-0.2, 0) is 0 Å². The standard InChI is InChI=1S/C14H19BrN2O/c15-13-7-6-12-14(16-13)17(8-9-18-12)10-11-4-2-1-3-5-11/h6-7,11H,1-5,8-10H2. The van der Waals surface area contributed by atoms with Gasteiger partial charge in [-0.1, -0.05) is 19.3 Å². The molecule has 1 aliphatic heterocycles. The van der Waals surface area contributed by atoms with Crippen molar-refractivity contribution in [3.05, 3.63) is 16.7 Å². The highest BCUT2D eigenvalue weighted by Gasteiger charge is 2.23. The fourth-order valence-electron chi connectivity index (χ4n) is 2.98. The van der Waals surface area contributed by atoms with Crippen molar-refractivity contribution in [1.82, 2.24) is 4.98 Å². The van der Waals surface area contributed by atoms with Crippen LogP contribution in [0.2, 0.25) is 0 Å². The maximum atomic E-state index is 5.67. The SMILES string of the molecule is Brc1ccc2c(n1)N(CC1CCCCC1)CCO2. The van der Waals surface area contributed by atoms with Crippen molar-refractivity contribution in [2.24, 2.45) is 5.92 Å². The predicted octanol–water partition coefficient (Wildman–Crippen LogP) is 3.62. The lowest BCUT2D eigenvalue weighted by molar-refractivity contribution is 0.290. The summed E-state index contributed by atoms with van der Waals surface area (Å²) in [5.74, 6) is 2.78. The van der Waals surface area contributed by atoms with E-state index in [2.05, 4.69) is 25.8 Å². The topological polar surface area (TPSA) is 25.4 Å². The Morgan fingerprint density at radius 1 is 1.28 bits per heavy atom. The highest BCUT2D eigenvalue weighted by atomic mass is 79.9. The zero-order chi connectivity index (χ0) is 12.4. The van der Waals surface area contributed by atoms with Crippen molar-refractivity contribution < 1.29 is 4.74 Å². The second-order valence-corrected chi connectivity index (χ2v) is 6.07. The Morgan fingerprint density at radius 2 is 2.11 bits per heavy atom. The van der Waals surface area contributed by atoms with Gasteiger partial charge in [0.2, 0.25) is 0 Å². The minimum absolute atomic E-state index is 0.781. The Balaban J connectivity index is 1.75. The third kappa shape index (κ3) is 2.63. The molecule has 0 spiro atoms. The molecule has 0 radical (unpaired) electrons. The molecule has 2 heterocycles. The lowest BCUT2D eigenvalue weighted by Gasteiger charge is -2.34. The summed E-state index contributed by atoms with van der Waals surface area (Å²) >= 11 is 3.45. The second kappa shape index (κ2) is 5.47. The van der Waals surface area contributed by atoms with Gasteiger partial charge in [-0.15, -0.1) is 0 Å². The Labute approximate surface area is 117 Å². The number of hydrogen-bond acceptors (Lipinski definition) is 3. The van der Waals surface area contributed by atoms with Crippen LogP contribution in [0.15, 0.2) is 16.7 Å². The van der Waals surface area contributed by atoms with Gasteiger partial charge in [-0.25, -0.2) is 4.98 Å². The number of fused-ring (bicyclic) bond motifs is 1. The van der Waals surface area contributed by atoms with E-state index in [1.165, 1.54) is 32.1 Å². The number of ether oxygens (including phenoxy) is 1. The van der Waals surface area contributed by atoms with Crippen LogP contribution in [0.5, 0.6) is 5.75 Å². The second-order valence-electron chi connectivity index (χ2n) is 5.25. The number of halogens is 1.